The lowest BCUT2D eigenvalue weighted by molar-refractivity contribution is 0.185. The Labute approximate surface area is 72.6 Å². The van der Waals surface area contributed by atoms with Crippen LogP contribution in [-0.4, -0.2) is 20.3 Å². The summed E-state index contributed by atoms with van der Waals surface area (Å²) in [5.74, 6) is 0. The van der Waals surface area contributed by atoms with Crippen molar-refractivity contribution in [3.8, 4) is 0 Å². The summed E-state index contributed by atoms with van der Waals surface area (Å²) < 4.78 is 10.8. The zero-order valence-corrected chi connectivity index (χ0v) is 6.77. The van der Waals surface area contributed by atoms with Crippen LogP contribution >= 0.6 is 0 Å². The molecule has 0 amide bonds. The summed E-state index contributed by atoms with van der Waals surface area (Å²) in [6.45, 7) is 1.36. The van der Waals surface area contributed by atoms with Gasteiger partial charge >= 0.3 is 7.12 Å². The first-order valence-electron chi connectivity index (χ1n) is 4.06. The molecule has 1 aliphatic rings. The second-order valence-electron chi connectivity index (χ2n) is 2.70. The average Bonchev–Trinajstić information content (AvgIpc) is 2.21. The maximum atomic E-state index is 5.39. The summed E-state index contributed by atoms with van der Waals surface area (Å²) in [6, 6.07) is 9.98. The molecule has 1 heterocycles. The minimum Gasteiger partial charge on any atom is -0.407 e. The van der Waals surface area contributed by atoms with E-state index in [2.05, 4.69) is 0 Å². The van der Waals surface area contributed by atoms with Crippen LogP contribution in [0.15, 0.2) is 30.3 Å². The smallest absolute Gasteiger partial charge is 0.407 e. The SMILES string of the molecule is [CH]1COB(c2ccccc2)OC1. The molecule has 2 rings (SSSR count). The Balaban J connectivity index is 2.08. The molecule has 0 aromatic heterocycles. The van der Waals surface area contributed by atoms with E-state index in [4.69, 9.17) is 9.31 Å². The molecule has 0 N–H and O–H groups in total. The number of benzene rings is 1. The molecule has 0 unspecified atom stereocenters. The van der Waals surface area contributed by atoms with Crippen LogP contribution < -0.4 is 5.46 Å². The van der Waals surface area contributed by atoms with Crippen molar-refractivity contribution in [2.45, 2.75) is 0 Å². The fourth-order valence-electron chi connectivity index (χ4n) is 1.21. The van der Waals surface area contributed by atoms with E-state index in [1.54, 1.807) is 0 Å². The molecule has 1 aromatic rings. The summed E-state index contributed by atoms with van der Waals surface area (Å²) in [5.41, 5.74) is 1.09. The average molecular weight is 161 g/mol. The highest BCUT2D eigenvalue weighted by Gasteiger charge is 2.23. The Morgan fingerprint density at radius 2 is 1.67 bits per heavy atom. The van der Waals surface area contributed by atoms with E-state index in [-0.39, 0.29) is 7.12 Å². The van der Waals surface area contributed by atoms with Gasteiger partial charge in [0.1, 0.15) is 0 Å². The molecule has 12 heavy (non-hydrogen) atoms. The van der Waals surface area contributed by atoms with Gasteiger partial charge in [-0.15, -0.1) is 0 Å². The van der Waals surface area contributed by atoms with Gasteiger partial charge in [-0.1, -0.05) is 30.3 Å². The normalized spacial score (nSPS) is 17.8. The van der Waals surface area contributed by atoms with Gasteiger partial charge in [0.2, 0.25) is 0 Å². The second-order valence-corrected chi connectivity index (χ2v) is 2.70. The Hall–Kier alpha value is -0.795. The van der Waals surface area contributed by atoms with Crippen LogP contribution in [0, 0.1) is 6.42 Å². The largest absolute Gasteiger partial charge is 0.493 e. The summed E-state index contributed by atoms with van der Waals surface area (Å²) in [4.78, 5) is 0. The van der Waals surface area contributed by atoms with Gasteiger partial charge in [0, 0.05) is 19.6 Å². The summed E-state index contributed by atoms with van der Waals surface area (Å²) in [5, 5.41) is 0. The highest BCUT2D eigenvalue weighted by atomic mass is 16.6. The number of hydrogen-bond acceptors (Lipinski definition) is 2. The molecule has 0 saturated carbocycles. The van der Waals surface area contributed by atoms with Crippen LogP contribution in [0.1, 0.15) is 0 Å². The van der Waals surface area contributed by atoms with Crippen molar-refractivity contribution in [3.63, 3.8) is 0 Å². The van der Waals surface area contributed by atoms with E-state index in [9.17, 15) is 0 Å². The van der Waals surface area contributed by atoms with Gasteiger partial charge in [0.25, 0.3) is 0 Å². The third-order valence-corrected chi connectivity index (χ3v) is 1.80. The molecule has 2 nitrogen and oxygen atoms in total. The van der Waals surface area contributed by atoms with Crippen molar-refractivity contribution in [1.29, 1.82) is 0 Å². The van der Waals surface area contributed by atoms with Crippen LogP contribution in [-0.2, 0) is 9.31 Å². The van der Waals surface area contributed by atoms with Crippen LogP contribution in [0.2, 0.25) is 0 Å². The highest BCUT2D eigenvalue weighted by Crippen LogP contribution is 2.00. The minimum absolute atomic E-state index is 0.170. The molecule has 0 bridgehead atoms. The molecule has 61 valence electrons. The fourth-order valence-corrected chi connectivity index (χ4v) is 1.21. The lowest BCUT2D eigenvalue weighted by atomic mass is 9.78. The Bertz CT molecular complexity index is 232. The van der Waals surface area contributed by atoms with Gasteiger partial charge < -0.3 is 9.31 Å². The van der Waals surface area contributed by atoms with Gasteiger partial charge in [-0.25, -0.2) is 0 Å². The maximum absolute atomic E-state index is 5.39. The Morgan fingerprint density at radius 3 is 2.33 bits per heavy atom. The van der Waals surface area contributed by atoms with Gasteiger partial charge in [-0.05, 0) is 5.46 Å². The zero-order valence-electron chi connectivity index (χ0n) is 6.77. The van der Waals surface area contributed by atoms with Crippen LogP contribution in [0.25, 0.3) is 0 Å². The first-order valence-corrected chi connectivity index (χ1v) is 4.06. The lowest BCUT2D eigenvalue weighted by Gasteiger charge is -2.19. The van der Waals surface area contributed by atoms with E-state index in [0.29, 0.717) is 13.2 Å². The molecule has 1 saturated heterocycles. The van der Waals surface area contributed by atoms with Crippen molar-refractivity contribution in [2.75, 3.05) is 13.2 Å². The monoisotopic (exact) mass is 161 g/mol. The van der Waals surface area contributed by atoms with Crippen molar-refractivity contribution < 1.29 is 9.31 Å². The minimum atomic E-state index is -0.170. The molecule has 0 aliphatic carbocycles. The molecule has 0 spiro atoms. The van der Waals surface area contributed by atoms with E-state index in [1.807, 2.05) is 36.8 Å². The summed E-state index contributed by atoms with van der Waals surface area (Å²) in [6.07, 6.45) is 1.97. The van der Waals surface area contributed by atoms with Gasteiger partial charge in [-0.2, -0.15) is 0 Å². The van der Waals surface area contributed by atoms with Gasteiger partial charge in [-0.3, -0.25) is 0 Å². The number of hydrogen-bond donors (Lipinski definition) is 0. The first-order chi connectivity index (χ1) is 5.97. The van der Waals surface area contributed by atoms with Crippen LogP contribution in [0.4, 0.5) is 0 Å². The highest BCUT2D eigenvalue weighted by molar-refractivity contribution is 6.61. The van der Waals surface area contributed by atoms with E-state index >= 15 is 0 Å². The maximum Gasteiger partial charge on any atom is 0.493 e. The van der Waals surface area contributed by atoms with Gasteiger partial charge in [0.05, 0.1) is 0 Å². The van der Waals surface area contributed by atoms with Crippen molar-refractivity contribution >= 4 is 12.6 Å². The number of rotatable bonds is 1. The Kier molecular flexibility index (Phi) is 2.44. The molecule has 1 fully saturated rings. The summed E-state index contributed by atoms with van der Waals surface area (Å²) >= 11 is 0. The third-order valence-electron chi connectivity index (χ3n) is 1.80. The predicted molar refractivity (Wildman–Crippen MR) is 48.0 cm³/mol. The predicted octanol–water partition coefficient (Wildman–Crippen LogP) is 0.633. The molecule has 3 heteroatoms. The Morgan fingerprint density at radius 1 is 1.00 bits per heavy atom. The quantitative estimate of drug-likeness (QED) is 0.562. The molecule has 1 aromatic carbocycles. The van der Waals surface area contributed by atoms with Crippen LogP contribution in [0.5, 0.6) is 0 Å². The van der Waals surface area contributed by atoms with Gasteiger partial charge in [0.15, 0.2) is 0 Å². The molecule has 1 radical (unpaired) electrons. The van der Waals surface area contributed by atoms with Crippen molar-refractivity contribution in [1.82, 2.24) is 0 Å². The van der Waals surface area contributed by atoms with E-state index in [1.165, 1.54) is 0 Å². The molecule has 0 atom stereocenters. The molecular formula is C9H10BO2. The standard InChI is InChI=1S/C9H10BO2/c1-2-5-9(6-3-1)10-11-7-4-8-12-10/h1-6H,7-8H2. The van der Waals surface area contributed by atoms with Crippen molar-refractivity contribution in [2.24, 2.45) is 0 Å². The molecule has 1 aliphatic heterocycles. The van der Waals surface area contributed by atoms with Crippen molar-refractivity contribution in [3.05, 3.63) is 36.8 Å². The second kappa shape index (κ2) is 3.74. The lowest BCUT2D eigenvalue weighted by Crippen LogP contribution is -2.40. The van der Waals surface area contributed by atoms with Crippen LogP contribution in [0.3, 0.4) is 0 Å². The zero-order chi connectivity index (χ0) is 8.23. The fraction of sp³-hybridized carbons (Fsp3) is 0.222. The molecular weight excluding hydrogens is 151 g/mol. The summed E-state index contributed by atoms with van der Waals surface area (Å²) in [7, 11) is -0.170. The van der Waals surface area contributed by atoms with E-state index in [0.717, 1.165) is 5.46 Å². The first kappa shape index (κ1) is 7.83. The topological polar surface area (TPSA) is 18.5 Å². The third kappa shape index (κ3) is 1.68. The van der Waals surface area contributed by atoms with E-state index < -0.39 is 0 Å².